The Hall–Kier alpha value is -0.930. The summed E-state index contributed by atoms with van der Waals surface area (Å²) < 4.78 is 0. The standard InChI is InChI=1S/C13H17Cl2NO2/c1-8(2)5-9(7-14)16-13(18)11-6-10(17)3-4-12(11)15/h3-4,6,8-9,17H,5,7H2,1-2H3,(H,16,18). The van der Waals surface area contributed by atoms with E-state index in [1.807, 2.05) is 0 Å². The van der Waals surface area contributed by atoms with Gasteiger partial charge in [0.05, 0.1) is 10.6 Å². The van der Waals surface area contributed by atoms with Gasteiger partial charge >= 0.3 is 0 Å². The number of carbonyl (C=O) groups excluding carboxylic acids is 1. The van der Waals surface area contributed by atoms with E-state index in [0.29, 0.717) is 16.8 Å². The van der Waals surface area contributed by atoms with Gasteiger partial charge in [0, 0.05) is 11.9 Å². The second-order valence-corrected chi connectivity index (χ2v) is 5.33. The summed E-state index contributed by atoms with van der Waals surface area (Å²) in [5, 5.41) is 12.5. The second-order valence-electron chi connectivity index (χ2n) is 4.62. The van der Waals surface area contributed by atoms with Gasteiger partial charge in [-0.25, -0.2) is 0 Å². The Bertz CT molecular complexity index is 421. The summed E-state index contributed by atoms with van der Waals surface area (Å²) in [5.41, 5.74) is 0.260. The Kier molecular flexibility index (Phi) is 5.76. The van der Waals surface area contributed by atoms with Gasteiger partial charge in [0.1, 0.15) is 5.75 Å². The highest BCUT2D eigenvalue weighted by molar-refractivity contribution is 6.33. The lowest BCUT2D eigenvalue weighted by molar-refractivity contribution is 0.0936. The van der Waals surface area contributed by atoms with Crippen molar-refractivity contribution in [2.24, 2.45) is 5.92 Å². The third-order valence-electron chi connectivity index (χ3n) is 2.47. The molecule has 5 heteroatoms. The molecule has 0 fully saturated rings. The third-order valence-corrected chi connectivity index (χ3v) is 3.17. The lowest BCUT2D eigenvalue weighted by atomic mass is 10.0. The van der Waals surface area contributed by atoms with Gasteiger partial charge in [-0.05, 0) is 30.5 Å². The van der Waals surface area contributed by atoms with E-state index in [4.69, 9.17) is 23.2 Å². The summed E-state index contributed by atoms with van der Waals surface area (Å²) in [6.07, 6.45) is 0.797. The molecule has 0 heterocycles. The molecule has 2 N–H and O–H groups in total. The number of nitrogens with one attached hydrogen (secondary N) is 1. The van der Waals surface area contributed by atoms with E-state index < -0.39 is 0 Å². The Morgan fingerprint density at radius 1 is 1.44 bits per heavy atom. The second kappa shape index (κ2) is 6.86. The quantitative estimate of drug-likeness (QED) is 0.816. The Balaban J connectivity index is 2.77. The highest BCUT2D eigenvalue weighted by Crippen LogP contribution is 2.21. The SMILES string of the molecule is CC(C)CC(CCl)NC(=O)c1cc(O)ccc1Cl. The van der Waals surface area contributed by atoms with Crippen molar-refractivity contribution in [2.75, 3.05) is 5.88 Å². The van der Waals surface area contributed by atoms with E-state index in [2.05, 4.69) is 19.2 Å². The smallest absolute Gasteiger partial charge is 0.253 e. The Labute approximate surface area is 117 Å². The Morgan fingerprint density at radius 3 is 2.67 bits per heavy atom. The van der Waals surface area contributed by atoms with Gasteiger partial charge in [-0.15, -0.1) is 11.6 Å². The number of benzene rings is 1. The zero-order valence-corrected chi connectivity index (χ0v) is 11.9. The van der Waals surface area contributed by atoms with Gasteiger partial charge < -0.3 is 10.4 Å². The van der Waals surface area contributed by atoms with E-state index >= 15 is 0 Å². The molecule has 0 aliphatic heterocycles. The van der Waals surface area contributed by atoms with Crippen molar-refractivity contribution in [1.29, 1.82) is 0 Å². The molecular formula is C13H17Cl2NO2. The van der Waals surface area contributed by atoms with Gasteiger partial charge in [0.25, 0.3) is 5.91 Å². The number of phenols is 1. The van der Waals surface area contributed by atoms with Crippen molar-refractivity contribution in [3.8, 4) is 5.75 Å². The molecule has 18 heavy (non-hydrogen) atoms. The van der Waals surface area contributed by atoms with Crippen LogP contribution < -0.4 is 5.32 Å². The van der Waals surface area contributed by atoms with Crippen molar-refractivity contribution in [3.63, 3.8) is 0 Å². The number of hydrogen-bond donors (Lipinski definition) is 2. The predicted octanol–water partition coefficient (Wildman–Crippen LogP) is 3.43. The van der Waals surface area contributed by atoms with Crippen molar-refractivity contribution >= 4 is 29.1 Å². The maximum atomic E-state index is 12.0. The van der Waals surface area contributed by atoms with Gasteiger partial charge in [0.15, 0.2) is 0 Å². The maximum absolute atomic E-state index is 12.0. The normalized spacial score (nSPS) is 12.5. The number of rotatable bonds is 5. The van der Waals surface area contributed by atoms with Gasteiger partial charge in [-0.3, -0.25) is 4.79 Å². The van der Waals surface area contributed by atoms with E-state index in [9.17, 15) is 9.90 Å². The fourth-order valence-corrected chi connectivity index (χ4v) is 2.09. The summed E-state index contributed by atoms with van der Waals surface area (Å²) in [4.78, 5) is 12.0. The van der Waals surface area contributed by atoms with Crippen LogP contribution in [0.5, 0.6) is 5.75 Å². The van der Waals surface area contributed by atoms with Crippen LogP contribution in [0, 0.1) is 5.92 Å². The lowest BCUT2D eigenvalue weighted by Crippen LogP contribution is -2.37. The van der Waals surface area contributed by atoms with E-state index in [-0.39, 0.29) is 23.3 Å². The summed E-state index contributed by atoms with van der Waals surface area (Å²) in [7, 11) is 0. The highest BCUT2D eigenvalue weighted by Gasteiger charge is 2.16. The molecule has 0 radical (unpaired) electrons. The minimum absolute atomic E-state index is 0.0100. The molecule has 0 aromatic heterocycles. The van der Waals surface area contributed by atoms with Crippen LogP contribution in [0.25, 0.3) is 0 Å². The minimum Gasteiger partial charge on any atom is -0.508 e. The topological polar surface area (TPSA) is 49.3 Å². The molecular weight excluding hydrogens is 273 g/mol. The molecule has 0 bridgehead atoms. The first kappa shape index (κ1) is 15.1. The van der Waals surface area contributed by atoms with Gasteiger partial charge in [-0.2, -0.15) is 0 Å². The van der Waals surface area contributed by atoms with Crippen molar-refractivity contribution in [1.82, 2.24) is 5.32 Å². The van der Waals surface area contributed by atoms with E-state index in [0.717, 1.165) is 6.42 Å². The zero-order valence-electron chi connectivity index (χ0n) is 10.4. The molecule has 0 spiro atoms. The molecule has 3 nitrogen and oxygen atoms in total. The number of phenolic OH excluding ortho intramolecular Hbond substituents is 1. The van der Waals surface area contributed by atoms with Crippen LogP contribution in [0.3, 0.4) is 0 Å². The monoisotopic (exact) mass is 289 g/mol. The predicted molar refractivity (Wildman–Crippen MR) is 74.5 cm³/mol. The summed E-state index contributed by atoms with van der Waals surface area (Å²) >= 11 is 11.7. The number of hydrogen-bond acceptors (Lipinski definition) is 2. The summed E-state index contributed by atoms with van der Waals surface area (Å²) in [6, 6.07) is 4.17. The molecule has 0 saturated heterocycles. The molecule has 1 unspecified atom stereocenters. The molecule has 1 aromatic rings. The van der Waals surface area contributed by atoms with Crippen LogP contribution in [0.4, 0.5) is 0 Å². The average molecular weight is 290 g/mol. The Morgan fingerprint density at radius 2 is 2.11 bits per heavy atom. The van der Waals surface area contributed by atoms with Crippen LogP contribution in [0.2, 0.25) is 5.02 Å². The molecule has 0 aliphatic rings. The molecule has 0 saturated carbocycles. The van der Waals surface area contributed by atoms with Crippen LogP contribution in [-0.4, -0.2) is 22.9 Å². The lowest BCUT2D eigenvalue weighted by Gasteiger charge is -2.18. The highest BCUT2D eigenvalue weighted by atomic mass is 35.5. The van der Waals surface area contributed by atoms with Crippen LogP contribution in [0.15, 0.2) is 18.2 Å². The maximum Gasteiger partial charge on any atom is 0.253 e. The fourth-order valence-electron chi connectivity index (χ4n) is 1.68. The van der Waals surface area contributed by atoms with Crippen molar-refractivity contribution in [3.05, 3.63) is 28.8 Å². The molecule has 100 valence electrons. The average Bonchev–Trinajstić information content (AvgIpc) is 2.30. The van der Waals surface area contributed by atoms with Crippen LogP contribution >= 0.6 is 23.2 Å². The number of alkyl halides is 1. The van der Waals surface area contributed by atoms with Crippen molar-refractivity contribution in [2.45, 2.75) is 26.3 Å². The van der Waals surface area contributed by atoms with Gasteiger partial charge in [-0.1, -0.05) is 25.4 Å². The van der Waals surface area contributed by atoms with E-state index in [1.54, 1.807) is 0 Å². The molecule has 1 amide bonds. The number of carbonyl (C=O) groups is 1. The first-order valence-corrected chi connectivity index (χ1v) is 6.70. The largest absolute Gasteiger partial charge is 0.508 e. The number of amides is 1. The summed E-state index contributed by atoms with van der Waals surface area (Å²) in [5.74, 6) is 0.479. The first-order chi connectivity index (χ1) is 8.43. The van der Waals surface area contributed by atoms with E-state index in [1.165, 1.54) is 18.2 Å². The zero-order chi connectivity index (χ0) is 13.7. The summed E-state index contributed by atoms with van der Waals surface area (Å²) in [6.45, 7) is 4.13. The molecule has 0 aliphatic carbocycles. The molecule has 1 aromatic carbocycles. The third kappa shape index (κ3) is 4.39. The van der Waals surface area contributed by atoms with Crippen molar-refractivity contribution < 1.29 is 9.90 Å². The van der Waals surface area contributed by atoms with Gasteiger partial charge in [0.2, 0.25) is 0 Å². The molecule has 1 rings (SSSR count). The molecule has 1 atom stereocenters. The number of halogens is 2. The van der Waals surface area contributed by atoms with Crippen LogP contribution in [-0.2, 0) is 0 Å². The fraction of sp³-hybridized carbons (Fsp3) is 0.462. The first-order valence-electron chi connectivity index (χ1n) is 5.79. The number of aromatic hydroxyl groups is 1. The van der Waals surface area contributed by atoms with Crippen LogP contribution in [0.1, 0.15) is 30.6 Å². The minimum atomic E-state index is -0.317.